The molecule has 7 heteroatoms. The van der Waals surface area contributed by atoms with Gasteiger partial charge in [-0.25, -0.2) is 18.1 Å². The third-order valence-electron chi connectivity index (χ3n) is 5.33. The van der Waals surface area contributed by atoms with Gasteiger partial charge in [0.1, 0.15) is 23.2 Å². The van der Waals surface area contributed by atoms with Crippen molar-refractivity contribution in [2.75, 3.05) is 0 Å². The molecular weight excluding hydrogens is 412 g/mol. The predicted molar refractivity (Wildman–Crippen MR) is 124 cm³/mol. The van der Waals surface area contributed by atoms with Crippen molar-refractivity contribution in [2.45, 2.75) is 70.5 Å². The molecular formula is C24H32N2O4S. The molecule has 1 aliphatic rings. The maximum absolute atomic E-state index is 13.2. The Labute approximate surface area is 185 Å². The summed E-state index contributed by atoms with van der Waals surface area (Å²) in [5.74, 6) is 0.612. The number of nitrogens with zero attached hydrogens (tertiary/aromatic N) is 1. The van der Waals surface area contributed by atoms with Crippen LogP contribution in [0.5, 0.6) is 5.75 Å². The van der Waals surface area contributed by atoms with E-state index in [4.69, 9.17) is 9.47 Å². The minimum atomic E-state index is -3.75. The first-order valence-electron chi connectivity index (χ1n) is 10.8. The summed E-state index contributed by atoms with van der Waals surface area (Å²) < 4.78 is 40.9. The second-order valence-electron chi connectivity index (χ2n) is 8.36. The molecule has 0 aromatic heterocycles. The van der Waals surface area contributed by atoms with E-state index in [0.29, 0.717) is 17.9 Å². The van der Waals surface area contributed by atoms with Crippen molar-refractivity contribution in [1.82, 2.24) is 4.72 Å². The fourth-order valence-corrected chi connectivity index (χ4v) is 5.63. The Balaban J connectivity index is 1.83. The second kappa shape index (κ2) is 9.73. The van der Waals surface area contributed by atoms with Gasteiger partial charge in [0.05, 0.1) is 6.04 Å². The van der Waals surface area contributed by atoms with Crippen LogP contribution in [-0.4, -0.2) is 26.1 Å². The van der Waals surface area contributed by atoms with E-state index < -0.39 is 20.9 Å². The molecule has 2 atom stereocenters. The number of aliphatic imine (C=N–C) groups is 1. The van der Waals surface area contributed by atoms with Crippen LogP contribution < -0.4 is 9.46 Å². The molecule has 168 valence electrons. The molecule has 0 spiro atoms. The lowest BCUT2D eigenvalue weighted by Gasteiger charge is -2.39. The molecule has 0 bridgehead atoms. The smallest absolute Gasteiger partial charge is 0.299 e. The van der Waals surface area contributed by atoms with Gasteiger partial charge in [-0.1, -0.05) is 62.7 Å². The van der Waals surface area contributed by atoms with Crippen molar-refractivity contribution < 1.29 is 17.9 Å². The Morgan fingerprint density at radius 2 is 1.87 bits per heavy atom. The van der Waals surface area contributed by atoms with Gasteiger partial charge >= 0.3 is 0 Å². The molecule has 2 aromatic rings. The summed E-state index contributed by atoms with van der Waals surface area (Å²) in [5, 5.41) is -0.898. The van der Waals surface area contributed by atoms with Gasteiger partial charge in [-0.05, 0) is 49.9 Å². The van der Waals surface area contributed by atoms with E-state index in [0.717, 1.165) is 24.8 Å². The SMILES string of the molecule is CCCC(CC)N=C1NS(=O)(=O)C(c2cccc(OCc3ccccc3)c2)C(C)(C)O1. The highest BCUT2D eigenvalue weighted by Crippen LogP contribution is 2.39. The van der Waals surface area contributed by atoms with E-state index >= 15 is 0 Å². The maximum Gasteiger partial charge on any atom is 0.299 e. The van der Waals surface area contributed by atoms with Gasteiger partial charge in [0.15, 0.2) is 0 Å². The second-order valence-corrected chi connectivity index (χ2v) is 10.1. The number of nitrogens with one attached hydrogen (secondary N) is 1. The van der Waals surface area contributed by atoms with Crippen molar-refractivity contribution in [2.24, 2.45) is 4.99 Å². The van der Waals surface area contributed by atoms with Crippen molar-refractivity contribution in [1.29, 1.82) is 0 Å². The highest BCUT2D eigenvalue weighted by molar-refractivity contribution is 7.90. The number of sulfonamides is 1. The Bertz CT molecular complexity index is 1000. The largest absolute Gasteiger partial charge is 0.489 e. The van der Waals surface area contributed by atoms with Crippen LogP contribution in [0, 0.1) is 0 Å². The third kappa shape index (κ3) is 5.79. The minimum Gasteiger partial charge on any atom is -0.489 e. The first-order valence-corrected chi connectivity index (χ1v) is 12.3. The van der Waals surface area contributed by atoms with Crippen LogP contribution in [0.1, 0.15) is 63.3 Å². The van der Waals surface area contributed by atoms with Crippen molar-refractivity contribution in [3.8, 4) is 5.75 Å². The Morgan fingerprint density at radius 1 is 1.13 bits per heavy atom. The highest BCUT2D eigenvalue weighted by atomic mass is 32.2. The monoisotopic (exact) mass is 444 g/mol. The maximum atomic E-state index is 13.2. The van der Waals surface area contributed by atoms with Crippen molar-refractivity contribution in [3.05, 3.63) is 65.7 Å². The summed E-state index contributed by atoms with van der Waals surface area (Å²) in [6.45, 7) is 8.10. The molecule has 2 aromatic carbocycles. The molecule has 2 unspecified atom stereocenters. The van der Waals surface area contributed by atoms with Gasteiger partial charge in [-0.2, -0.15) is 0 Å². The van der Waals surface area contributed by atoms with E-state index in [-0.39, 0.29) is 12.1 Å². The molecule has 0 saturated carbocycles. The van der Waals surface area contributed by atoms with Gasteiger partial charge in [0.2, 0.25) is 10.0 Å². The van der Waals surface area contributed by atoms with E-state index in [9.17, 15) is 8.42 Å². The van der Waals surface area contributed by atoms with Gasteiger partial charge in [0, 0.05) is 0 Å². The van der Waals surface area contributed by atoms with Crippen molar-refractivity contribution in [3.63, 3.8) is 0 Å². The molecule has 1 fully saturated rings. The summed E-state index contributed by atoms with van der Waals surface area (Å²) in [6.07, 6.45) is 2.69. The molecule has 0 radical (unpaired) electrons. The Morgan fingerprint density at radius 3 is 2.52 bits per heavy atom. The number of hydrogen-bond acceptors (Lipinski definition) is 5. The molecule has 31 heavy (non-hydrogen) atoms. The molecule has 0 aliphatic carbocycles. The summed E-state index contributed by atoms with van der Waals surface area (Å²) in [7, 11) is -3.75. The highest BCUT2D eigenvalue weighted by Gasteiger charge is 2.48. The number of hydrogen-bond donors (Lipinski definition) is 1. The summed E-state index contributed by atoms with van der Waals surface area (Å²) >= 11 is 0. The standard InChI is InChI=1S/C24H32N2O4S/c1-5-11-20(6-2)25-23-26-31(27,28)22(24(3,4)30-23)19-14-10-15-21(16-19)29-17-18-12-8-7-9-13-18/h7-10,12-16,20,22H,5-6,11,17H2,1-4H3,(H,25,26). The Hall–Kier alpha value is -2.54. The van der Waals surface area contributed by atoms with Crippen LogP contribution in [0.15, 0.2) is 59.6 Å². The van der Waals surface area contributed by atoms with E-state index in [2.05, 4.69) is 16.6 Å². The first kappa shape index (κ1) is 23.1. The lowest BCUT2D eigenvalue weighted by atomic mass is 9.97. The summed E-state index contributed by atoms with van der Waals surface area (Å²) in [4.78, 5) is 4.52. The molecule has 1 saturated heterocycles. The van der Waals surface area contributed by atoms with Crippen molar-refractivity contribution >= 4 is 16.0 Å². The zero-order valence-corrected chi connectivity index (χ0v) is 19.5. The summed E-state index contributed by atoms with van der Waals surface area (Å²) in [6, 6.07) is 17.1. The normalized spacial score (nSPS) is 21.7. The number of benzene rings is 2. The predicted octanol–water partition coefficient (Wildman–Crippen LogP) is 4.97. The van der Waals surface area contributed by atoms with E-state index in [1.165, 1.54) is 0 Å². The van der Waals surface area contributed by atoms with Gasteiger partial charge in [-0.15, -0.1) is 0 Å². The summed E-state index contributed by atoms with van der Waals surface area (Å²) in [5.41, 5.74) is 0.663. The molecule has 0 amide bonds. The van der Waals surface area contributed by atoms with Gasteiger partial charge in [-0.3, -0.25) is 0 Å². The third-order valence-corrected chi connectivity index (χ3v) is 7.25. The fourth-order valence-electron chi connectivity index (χ4n) is 3.88. The first-order chi connectivity index (χ1) is 14.7. The molecule has 6 nitrogen and oxygen atoms in total. The van der Waals surface area contributed by atoms with Crippen LogP contribution in [0.25, 0.3) is 0 Å². The lowest BCUT2D eigenvalue weighted by molar-refractivity contribution is 0.0759. The number of amidine groups is 1. The van der Waals surface area contributed by atoms with Gasteiger partial charge < -0.3 is 9.47 Å². The van der Waals surface area contributed by atoms with Crippen LogP contribution >= 0.6 is 0 Å². The van der Waals surface area contributed by atoms with Crippen LogP contribution in [0.3, 0.4) is 0 Å². The molecule has 1 N–H and O–H groups in total. The quantitative estimate of drug-likeness (QED) is 0.624. The number of rotatable bonds is 8. The van der Waals surface area contributed by atoms with Crippen LogP contribution in [0.4, 0.5) is 0 Å². The average molecular weight is 445 g/mol. The molecule has 3 rings (SSSR count). The minimum absolute atomic E-state index is 0.0322. The Kier molecular flexibility index (Phi) is 7.26. The molecule has 1 aliphatic heterocycles. The fraction of sp³-hybridized carbons (Fsp3) is 0.458. The zero-order chi connectivity index (χ0) is 22.5. The lowest BCUT2D eigenvalue weighted by Crippen LogP contribution is -2.53. The average Bonchev–Trinajstić information content (AvgIpc) is 2.71. The number of ether oxygens (including phenoxy) is 2. The van der Waals surface area contributed by atoms with Crippen LogP contribution in [0.2, 0.25) is 0 Å². The van der Waals surface area contributed by atoms with E-state index in [1.807, 2.05) is 43.3 Å². The topological polar surface area (TPSA) is 77.0 Å². The zero-order valence-electron chi connectivity index (χ0n) is 18.7. The van der Waals surface area contributed by atoms with E-state index in [1.54, 1.807) is 32.0 Å². The van der Waals surface area contributed by atoms with Crippen LogP contribution in [-0.2, 0) is 21.4 Å². The van der Waals surface area contributed by atoms with Gasteiger partial charge in [0.25, 0.3) is 6.02 Å². The molecule has 1 heterocycles.